The zero-order valence-electron chi connectivity index (χ0n) is 9.54. The maximum absolute atomic E-state index is 12.9. The van der Waals surface area contributed by atoms with E-state index in [1.54, 1.807) is 18.2 Å². The smallest absolute Gasteiger partial charge is 0.289 e. The molecule has 0 atom stereocenters. The van der Waals surface area contributed by atoms with Gasteiger partial charge in [-0.15, -0.1) is 0 Å². The molecular weight excluding hydrogens is 321 g/mol. The fraction of sp³-hybridized carbons (Fsp3) is 0.0714. The van der Waals surface area contributed by atoms with E-state index in [9.17, 15) is 18.0 Å². The minimum atomic E-state index is -4.55. The second kappa shape index (κ2) is 5.17. The van der Waals surface area contributed by atoms with Crippen LogP contribution in [0.3, 0.4) is 0 Å². The maximum Gasteiger partial charge on any atom is 0.417 e. The highest BCUT2D eigenvalue weighted by molar-refractivity contribution is 9.10. The van der Waals surface area contributed by atoms with Gasteiger partial charge in [0.25, 0.3) is 0 Å². The molecule has 0 amide bonds. The molecular formula is C14H8BrF3O. The highest BCUT2D eigenvalue weighted by Crippen LogP contribution is 2.33. The minimum Gasteiger partial charge on any atom is -0.289 e. The first kappa shape index (κ1) is 13.8. The van der Waals surface area contributed by atoms with Crippen molar-refractivity contribution in [1.82, 2.24) is 0 Å². The number of rotatable bonds is 2. The molecule has 2 aromatic carbocycles. The molecule has 98 valence electrons. The van der Waals surface area contributed by atoms with Crippen LogP contribution in [0.1, 0.15) is 21.5 Å². The summed E-state index contributed by atoms with van der Waals surface area (Å²) in [6, 6.07) is 11.2. The molecule has 0 bridgehead atoms. The zero-order chi connectivity index (χ0) is 14.0. The molecule has 0 aliphatic heterocycles. The number of carbonyl (C=O) groups excluding carboxylic acids is 1. The fourth-order valence-corrected chi connectivity index (χ4v) is 2.18. The van der Waals surface area contributed by atoms with Crippen molar-refractivity contribution in [2.24, 2.45) is 0 Å². The molecule has 5 heteroatoms. The Morgan fingerprint density at radius 1 is 0.895 bits per heavy atom. The van der Waals surface area contributed by atoms with E-state index in [1.807, 2.05) is 0 Å². The van der Waals surface area contributed by atoms with E-state index < -0.39 is 17.5 Å². The van der Waals surface area contributed by atoms with E-state index in [4.69, 9.17) is 0 Å². The van der Waals surface area contributed by atoms with Gasteiger partial charge in [-0.3, -0.25) is 4.79 Å². The van der Waals surface area contributed by atoms with E-state index in [1.165, 1.54) is 24.3 Å². The van der Waals surface area contributed by atoms with Crippen LogP contribution in [0.15, 0.2) is 53.0 Å². The van der Waals surface area contributed by atoms with Crippen LogP contribution < -0.4 is 0 Å². The number of halogens is 4. The Balaban J connectivity index is 2.55. The molecule has 0 aliphatic rings. The number of ketones is 1. The maximum atomic E-state index is 12.9. The first-order chi connectivity index (χ1) is 8.91. The molecule has 0 fully saturated rings. The minimum absolute atomic E-state index is 0.208. The van der Waals surface area contributed by atoms with Crippen molar-refractivity contribution in [3.63, 3.8) is 0 Å². The molecule has 0 radical (unpaired) electrons. The average molecular weight is 329 g/mol. The van der Waals surface area contributed by atoms with Crippen molar-refractivity contribution in [1.29, 1.82) is 0 Å². The van der Waals surface area contributed by atoms with Gasteiger partial charge in [-0.1, -0.05) is 46.3 Å². The van der Waals surface area contributed by atoms with Crippen LogP contribution in [-0.4, -0.2) is 5.78 Å². The number of hydrogen-bond donors (Lipinski definition) is 0. The predicted octanol–water partition coefficient (Wildman–Crippen LogP) is 4.70. The summed E-state index contributed by atoms with van der Waals surface area (Å²) in [7, 11) is 0. The summed E-state index contributed by atoms with van der Waals surface area (Å²) in [5.41, 5.74) is -1.06. The lowest BCUT2D eigenvalue weighted by Gasteiger charge is -2.12. The summed E-state index contributed by atoms with van der Waals surface area (Å²) in [6.45, 7) is 0. The Morgan fingerprint density at radius 3 is 2.00 bits per heavy atom. The Morgan fingerprint density at radius 2 is 1.42 bits per heavy atom. The number of benzene rings is 2. The van der Waals surface area contributed by atoms with Gasteiger partial charge in [0.1, 0.15) is 0 Å². The fourth-order valence-electron chi connectivity index (χ4n) is 1.72. The van der Waals surface area contributed by atoms with Crippen LogP contribution in [0.25, 0.3) is 0 Å². The summed E-state index contributed by atoms with van der Waals surface area (Å²) >= 11 is 3.17. The third-order valence-corrected chi connectivity index (χ3v) is 3.29. The summed E-state index contributed by atoms with van der Waals surface area (Å²) < 4.78 is 39.1. The van der Waals surface area contributed by atoms with E-state index in [0.29, 0.717) is 4.47 Å². The molecule has 1 nitrogen and oxygen atoms in total. The van der Waals surface area contributed by atoms with Crippen molar-refractivity contribution in [2.75, 3.05) is 0 Å². The van der Waals surface area contributed by atoms with Crippen LogP contribution in [-0.2, 0) is 6.18 Å². The average Bonchev–Trinajstić information content (AvgIpc) is 2.37. The topological polar surface area (TPSA) is 17.1 Å². The molecule has 0 N–H and O–H groups in total. The first-order valence-corrected chi connectivity index (χ1v) is 6.16. The van der Waals surface area contributed by atoms with Crippen molar-refractivity contribution in [2.45, 2.75) is 6.18 Å². The summed E-state index contributed by atoms with van der Waals surface area (Å²) in [5.74, 6) is -0.652. The quantitative estimate of drug-likeness (QED) is 0.730. The Labute approximate surface area is 116 Å². The molecule has 0 saturated carbocycles. The summed E-state index contributed by atoms with van der Waals surface area (Å²) in [5, 5.41) is 0. The van der Waals surface area contributed by atoms with E-state index in [-0.39, 0.29) is 11.1 Å². The second-order valence-corrected chi connectivity index (χ2v) is 4.71. The second-order valence-electron chi connectivity index (χ2n) is 3.85. The van der Waals surface area contributed by atoms with Crippen LogP contribution in [0.2, 0.25) is 0 Å². The predicted molar refractivity (Wildman–Crippen MR) is 69.0 cm³/mol. The molecule has 0 aromatic heterocycles. The van der Waals surface area contributed by atoms with Crippen LogP contribution in [0, 0.1) is 0 Å². The van der Waals surface area contributed by atoms with Crippen molar-refractivity contribution in [3.8, 4) is 0 Å². The van der Waals surface area contributed by atoms with Gasteiger partial charge in [0.15, 0.2) is 5.78 Å². The third-order valence-electron chi connectivity index (χ3n) is 2.60. The Bertz CT molecular complexity index is 620. The SMILES string of the molecule is O=C(c1ccccc1Br)c1ccccc1C(F)(F)F. The molecule has 0 heterocycles. The zero-order valence-corrected chi connectivity index (χ0v) is 11.1. The van der Waals surface area contributed by atoms with E-state index in [0.717, 1.165) is 6.07 Å². The Kier molecular flexibility index (Phi) is 3.75. The van der Waals surface area contributed by atoms with Gasteiger partial charge in [-0.25, -0.2) is 0 Å². The lowest BCUT2D eigenvalue weighted by Crippen LogP contribution is -2.13. The van der Waals surface area contributed by atoms with Crippen LogP contribution in [0.4, 0.5) is 13.2 Å². The van der Waals surface area contributed by atoms with Crippen molar-refractivity contribution < 1.29 is 18.0 Å². The summed E-state index contributed by atoms with van der Waals surface area (Å²) in [4.78, 5) is 12.2. The molecule has 2 rings (SSSR count). The Hall–Kier alpha value is -1.62. The molecule has 0 saturated heterocycles. The van der Waals surface area contributed by atoms with Gasteiger partial charge in [0, 0.05) is 15.6 Å². The molecule has 0 unspecified atom stereocenters. The van der Waals surface area contributed by atoms with Gasteiger partial charge in [-0.05, 0) is 18.2 Å². The molecule has 0 aliphatic carbocycles. The van der Waals surface area contributed by atoms with Gasteiger partial charge in [0.2, 0.25) is 0 Å². The highest BCUT2D eigenvalue weighted by atomic mass is 79.9. The number of alkyl halides is 3. The van der Waals surface area contributed by atoms with Gasteiger partial charge in [0.05, 0.1) is 5.56 Å². The van der Waals surface area contributed by atoms with Gasteiger partial charge < -0.3 is 0 Å². The van der Waals surface area contributed by atoms with E-state index >= 15 is 0 Å². The summed E-state index contributed by atoms with van der Waals surface area (Å²) in [6.07, 6.45) is -4.55. The molecule has 2 aromatic rings. The lowest BCUT2D eigenvalue weighted by atomic mass is 9.98. The largest absolute Gasteiger partial charge is 0.417 e. The van der Waals surface area contributed by atoms with Gasteiger partial charge in [-0.2, -0.15) is 13.2 Å². The first-order valence-electron chi connectivity index (χ1n) is 5.36. The molecule has 0 spiro atoms. The highest BCUT2D eigenvalue weighted by Gasteiger charge is 2.35. The number of hydrogen-bond acceptors (Lipinski definition) is 1. The van der Waals surface area contributed by atoms with Crippen molar-refractivity contribution in [3.05, 3.63) is 69.7 Å². The molecule has 19 heavy (non-hydrogen) atoms. The normalized spacial score (nSPS) is 11.4. The monoisotopic (exact) mass is 328 g/mol. The third kappa shape index (κ3) is 2.87. The number of carbonyl (C=O) groups is 1. The van der Waals surface area contributed by atoms with E-state index in [2.05, 4.69) is 15.9 Å². The van der Waals surface area contributed by atoms with Crippen LogP contribution >= 0.6 is 15.9 Å². The lowest BCUT2D eigenvalue weighted by molar-refractivity contribution is -0.137. The van der Waals surface area contributed by atoms with Gasteiger partial charge >= 0.3 is 6.18 Å². The standard InChI is InChI=1S/C14H8BrF3O/c15-12-8-4-2-6-10(12)13(19)9-5-1-3-7-11(9)14(16,17)18/h1-8H. The van der Waals surface area contributed by atoms with Crippen molar-refractivity contribution >= 4 is 21.7 Å². The van der Waals surface area contributed by atoms with Crippen LogP contribution in [0.5, 0.6) is 0 Å².